The van der Waals surface area contributed by atoms with Gasteiger partial charge in [-0.3, -0.25) is 9.59 Å². The Hall–Kier alpha value is -1.63. The van der Waals surface area contributed by atoms with E-state index in [-0.39, 0.29) is 18.2 Å². The number of benzene rings is 1. The predicted octanol–water partition coefficient (Wildman–Crippen LogP) is 3.21. The lowest BCUT2D eigenvalue weighted by Crippen LogP contribution is -2.44. The minimum absolute atomic E-state index is 0.0285. The molecule has 2 rings (SSSR count). The lowest BCUT2D eigenvalue weighted by Gasteiger charge is -2.33. The Bertz CT molecular complexity index is 589. The van der Waals surface area contributed by atoms with Crippen molar-refractivity contribution in [2.45, 2.75) is 37.0 Å². The highest BCUT2D eigenvalue weighted by Gasteiger charge is 2.39. The second-order valence-electron chi connectivity index (χ2n) is 5.79. The molecule has 0 heterocycles. The van der Waals surface area contributed by atoms with Crippen LogP contribution < -0.4 is 5.32 Å². The highest BCUT2D eigenvalue weighted by atomic mass is 32.2. The molecule has 0 radical (unpaired) electrons. The maximum atomic E-state index is 13.1. The van der Waals surface area contributed by atoms with Crippen molar-refractivity contribution in [2.75, 3.05) is 12.3 Å². The molecule has 0 aliphatic heterocycles. The van der Waals surface area contributed by atoms with Gasteiger partial charge in [0.15, 0.2) is 11.6 Å². The summed E-state index contributed by atoms with van der Waals surface area (Å²) < 4.78 is 25.9. The summed E-state index contributed by atoms with van der Waals surface area (Å²) in [6.45, 7) is 0.111. The number of carbonyl (C=O) groups is 2. The van der Waals surface area contributed by atoms with Crippen molar-refractivity contribution < 1.29 is 23.5 Å². The molecule has 0 atom stereocenters. The first-order valence-corrected chi connectivity index (χ1v) is 8.49. The van der Waals surface area contributed by atoms with Crippen LogP contribution in [0.15, 0.2) is 23.1 Å². The summed E-state index contributed by atoms with van der Waals surface area (Å²) in [4.78, 5) is 23.8. The van der Waals surface area contributed by atoms with Gasteiger partial charge in [0.1, 0.15) is 0 Å². The molecule has 4 nitrogen and oxygen atoms in total. The maximum Gasteiger partial charge on any atom is 0.311 e. The van der Waals surface area contributed by atoms with E-state index in [9.17, 15) is 23.5 Å². The largest absolute Gasteiger partial charge is 0.481 e. The van der Waals surface area contributed by atoms with E-state index in [1.807, 2.05) is 0 Å². The number of carboxylic acids is 1. The number of hydrogen-bond acceptors (Lipinski definition) is 3. The highest BCUT2D eigenvalue weighted by Crippen LogP contribution is 2.36. The van der Waals surface area contributed by atoms with E-state index in [0.717, 1.165) is 43.2 Å². The van der Waals surface area contributed by atoms with Crippen LogP contribution in [0.1, 0.15) is 32.1 Å². The molecule has 7 heteroatoms. The summed E-state index contributed by atoms with van der Waals surface area (Å²) in [6.07, 6.45) is 3.87. The van der Waals surface area contributed by atoms with Gasteiger partial charge in [-0.1, -0.05) is 19.3 Å². The van der Waals surface area contributed by atoms with Crippen LogP contribution in [-0.4, -0.2) is 29.3 Å². The number of halogens is 2. The number of rotatable bonds is 6. The zero-order valence-corrected chi connectivity index (χ0v) is 13.4. The van der Waals surface area contributed by atoms with Crippen LogP contribution in [0.3, 0.4) is 0 Å². The normalized spacial score (nSPS) is 16.8. The monoisotopic (exact) mass is 343 g/mol. The second-order valence-corrected chi connectivity index (χ2v) is 6.84. The fourth-order valence-electron chi connectivity index (χ4n) is 2.73. The number of carboxylic acid groups (broad SMARTS) is 1. The maximum absolute atomic E-state index is 13.1. The summed E-state index contributed by atoms with van der Waals surface area (Å²) in [7, 11) is 0. The zero-order valence-electron chi connectivity index (χ0n) is 12.6. The molecule has 0 bridgehead atoms. The molecule has 0 saturated heterocycles. The number of nitrogens with one attached hydrogen (secondary N) is 1. The molecule has 23 heavy (non-hydrogen) atoms. The summed E-state index contributed by atoms with van der Waals surface area (Å²) in [5.41, 5.74) is -0.874. The zero-order chi connectivity index (χ0) is 16.9. The van der Waals surface area contributed by atoms with E-state index in [0.29, 0.717) is 17.7 Å². The first kappa shape index (κ1) is 17.7. The number of amides is 1. The number of aliphatic carboxylic acids is 1. The Labute approximate surface area is 137 Å². The van der Waals surface area contributed by atoms with Crippen LogP contribution in [0.5, 0.6) is 0 Å². The van der Waals surface area contributed by atoms with Gasteiger partial charge in [0.05, 0.1) is 11.2 Å². The van der Waals surface area contributed by atoms with Gasteiger partial charge in [-0.05, 0) is 31.0 Å². The number of carbonyl (C=O) groups excluding carboxylic acids is 1. The van der Waals surface area contributed by atoms with E-state index in [2.05, 4.69) is 5.32 Å². The highest BCUT2D eigenvalue weighted by molar-refractivity contribution is 8.00. The lowest BCUT2D eigenvalue weighted by molar-refractivity contribution is -0.151. The Morgan fingerprint density at radius 1 is 1.17 bits per heavy atom. The fourth-order valence-corrected chi connectivity index (χ4v) is 3.48. The van der Waals surface area contributed by atoms with Crippen molar-refractivity contribution >= 4 is 23.6 Å². The molecular weight excluding hydrogens is 324 g/mol. The molecule has 1 amide bonds. The summed E-state index contributed by atoms with van der Waals surface area (Å²) >= 11 is 1.08. The standard InChI is InChI=1S/C16H19F2NO3S/c17-12-5-4-11(8-13(12)18)23-9-14(20)19-10-16(15(21)22)6-2-1-3-7-16/h4-5,8H,1-3,6-7,9-10H2,(H,19,20)(H,21,22). The van der Waals surface area contributed by atoms with E-state index < -0.39 is 23.0 Å². The van der Waals surface area contributed by atoms with Gasteiger partial charge in [0, 0.05) is 11.4 Å². The number of thioether (sulfide) groups is 1. The average Bonchev–Trinajstić information content (AvgIpc) is 2.54. The van der Waals surface area contributed by atoms with Crippen LogP contribution in [0.2, 0.25) is 0 Å². The molecule has 1 aromatic rings. The SMILES string of the molecule is O=C(CSc1ccc(F)c(F)c1)NCC1(C(=O)O)CCCCC1. The van der Waals surface area contributed by atoms with E-state index >= 15 is 0 Å². The molecule has 2 N–H and O–H groups in total. The number of hydrogen-bond donors (Lipinski definition) is 2. The van der Waals surface area contributed by atoms with E-state index in [4.69, 9.17) is 0 Å². The molecule has 1 saturated carbocycles. The minimum atomic E-state index is -0.956. The third-order valence-corrected chi connectivity index (χ3v) is 5.14. The first-order valence-electron chi connectivity index (χ1n) is 7.51. The molecule has 1 fully saturated rings. The second kappa shape index (κ2) is 7.77. The van der Waals surface area contributed by atoms with Crippen LogP contribution in [0, 0.1) is 17.0 Å². The Kier molecular flexibility index (Phi) is 5.98. The van der Waals surface area contributed by atoms with Crippen molar-refractivity contribution in [2.24, 2.45) is 5.41 Å². The summed E-state index contributed by atoms with van der Waals surface area (Å²) in [5.74, 6) is -3.04. The Morgan fingerprint density at radius 3 is 2.48 bits per heavy atom. The molecule has 1 aliphatic rings. The van der Waals surface area contributed by atoms with Crippen molar-refractivity contribution in [3.63, 3.8) is 0 Å². The molecule has 1 aliphatic carbocycles. The minimum Gasteiger partial charge on any atom is -0.481 e. The van der Waals surface area contributed by atoms with Gasteiger partial charge in [-0.25, -0.2) is 8.78 Å². The van der Waals surface area contributed by atoms with Crippen molar-refractivity contribution in [1.82, 2.24) is 5.32 Å². The predicted molar refractivity (Wildman–Crippen MR) is 83.2 cm³/mol. The quantitative estimate of drug-likeness (QED) is 0.779. The van der Waals surface area contributed by atoms with Crippen molar-refractivity contribution in [3.8, 4) is 0 Å². The van der Waals surface area contributed by atoms with Gasteiger partial charge >= 0.3 is 5.97 Å². The van der Waals surface area contributed by atoms with Gasteiger partial charge in [0.25, 0.3) is 0 Å². The molecule has 126 valence electrons. The molecule has 0 unspecified atom stereocenters. The lowest BCUT2D eigenvalue weighted by atomic mass is 9.74. The van der Waals surface area contributed by atoms with Crippen molar-refractivity contribution in [3.05, 3.63) is 29.8 Å². The van der Waals surface area contributed by atoms with Gasteiger partial charge in [0.2, 0.25) is 5.91 Å². The van der Waals surface area contributed by atoms with Crippen LogP contribution in [0.4, 0.5) is 8.78 Å². The summed E-state index contributed by atoms with van der Waals surface area (Å²) in [5, 5.41) is 12.1. The molecule has 0 aromatic heterocycles. The Balaban J connectivity index is 1.84. The van der Waals surface area contributed by atoms with Gasteiger partial charge in [-0.2, -0.15) is 0 Å². The first-order chi connectivity index (χ1) is 10.9. The topological polar surface area (TPSA) is 66.4 Å². The third-order valence-electron chi connectivity index (χ3n) is 4.15. The van der Waals surface area contributed by atoms with Crippen LogP contribution >= 0.6 is 11.8 Å². The average molecular weight is 343 g/mol. The Morgan fingerprint density at radius 2 is 1.87 bits per heavy atom. The van der Waals surface area contributed by atoms with Gasteiger partial charge < -0.3 is 10.4 Å². The van der Waals surface area contributed by atoms with Crippen molar-refractivity contribution in [1.29, 1.82) is 0 Å². The fraction of sp³-hybridized carbons (Fsp3) is 0.500. The smallest absolute Gasteiger partial charge is 0.311 e. The van der Waals surface area contributed by atoms with Crippen LogP contribution in [-0.2, 0) is 9.59 Å². The third kappa shape index (κ3) is 4.67. The molecule has 0 spiro atoms. The van der Waals surface area contributed by atoms with E-state index in [1.165, 1.54) is 6.07 Å². The summed E-state index contributed by atoms with van der Waals surface area (Å²) in [6, 6.07) is 3.44. The molecular formula is C16H19F2NO3S. The van der Waals surface area contributed by atoms with Crippen LogP contribution in [0.25, 0.3) is 0 Å². The van der Waals surface area contributed by atoms with Gasteiger partial charge in [-0.15, -0.1) is 11.8 Å². The van der Waals surface area contributed by atoms with E-state index in [1.54, 1.807) is 0 Å². The molecule has 1 aromatic carbocycles.